The molecule has 32 heavy (non-hydrogen) atoms. The molecular weight excluding hydrogens is 501 g/mol. The number of methoxy groups -OCH3 is 1. The number of nitrogens with zero attached hydrogens (tertiary/aromatic N) is 3. The summed E-state index contributed by atoms with van der Waals surface area (Å²) in [6.07, 6.45) is -7.18. The van der Waals surface area contributed by atoms with Gasteiger partial charge in [-0.15, -0.1) is 0 Å². The Morgan fingerprint density at radius 3 is 2.50 bits per heavy atom. The van der Waals surface area contributed by atoms with Crippen LogP contribution in [0.3, 0.4) is 0 Å². The highest BCUT2D eigenvalue weighted by Gasteiger charge is 2.45. The molecule has 0 radical (unpaired) electrons. The van der Waals surface area contributed by atoms with Gasteiger partial charge in [-0.05, 0) is 59.1 Å². The third-order valence-corrected chi connectivity index (χ3v) is 6.01. The van der Waals surface area contributed by atoms with E-state index in [1.807, 2.05) is 24.0 Å². The van der Waals surface area contributed by atoms with Crippen molar-refractivity contribution in [2.24, 2.45) is 0 Å². The standard InChI is InChI=1S/C21H19BrF5N3O2/c1-11-10-12(31-2)4-7-15(11)29-8-3-9-30-17-13(18(21(25,26)27)32-19(23)24)5-6-14(22)16(17)28-20(29)30/h4-7,10,18-19H,3,8-9H2,1-2H3. The predicted octanol–water partition coefficient (Wildman–Crippen LogP) is 6.50. The first-order valence-corrected chi connectivity index (χ1v) is 10.5. The van der Waals surface area contributed by atoms with E-state index in [0.717, 1.165) is 17.3 Å². The number of aromatic nitrogens is 2. The largest absolute Gasteiger partial charge is 0.497 e. The molecule has 0 aliphatic carbocycles. The number of anilines is 2. The van der Waals surface area contributed by atoms with E-state index in [4.69, 9.17) is 4.74 Å². The van der Waals surface area contributed by atoms with Crippen LogP contribution in [-0.4, -0.2) is 36.0 Å². The Hall–Kier alpha value is -2.40. The number of rotatable bonds is 5. The van der Waals surface area contributed by atoms with Gasteiger partial charge in [-0.2, -0.15) is 22.0 Å². The molecule has 0 saturated heterocycles. The molecule has 0 fully saturated rings. The summed E-state index contributed by atoms with van der Waals surface area (Å²) in [4.78, 5) is 6.51. The first-order chi connectivity index (χ1) is 15.1. The van der Waals surface area contributed by atoms with Crippen LogP contribution < -0.4 is 9.64 Å². The normalized spacial score (nSPS) is 15.3. The second-order valence-corrected chi connectivity index (χ2v) is 8.23. The lowest BCUT2D eigenvalue weighted by Crippen LogP contribution is -2.29. The first kappa shape index (κ1) is 22.8. The van der Waals surface area contributed by atoms with Gasteiger partial charge >= 0.3 is 12.8 Å². The van der Waals surface area contributed by atoms with E-state index in [2.05, 4.69) is 25.7 Å². The molecule has 3 aromatic rings. The van der Waals surface area contributed by atoms with E-state index in [0.29, 0.717) is 35.7 Å². The predicted molar refractivity (Wildman–Crippen MR) is 113 cm³/mol. The summed E-state index contributed by atoms with van der Waals surface area (Å²) in [5.74, 6) is 1.12. The summed E-state index contributed by atoms with van der Waals surface area (Å²) in [5, 5.41) is 0. The lowest BCUT2D eigenvalue weighted by Gasteiger charge is -2.31. The van der Waals surface area contributed by atoms with Gasteiger partial charge in [0.1, 0.15) is 11.3 Å². The van der Waals surface area contributed by atoms with Crippen molar-refractivity contribution in [3.63, 3.8) is 0 Å². The van der Waals surface area contributed by atoms with Crippen LogP contribution in [0.15, 0.2) is 34.8 Å². The van der Waals surface area contributed by atoms with Gasteiger partial charge < -0.3 is 18.9 Å². The van der Waals surface area contributed by atoms with Crippen LogP contribution in [0, 0.1) is 6.92 Å². The fraction of sp³-hybridized carbons (Fsp3) is 0.381. The summed E-state index contributed by atoms with van der Waals surface area (Å²) in [5.41, 5.74) is 1.70. The van der Waals surface area contributed by atoms with Crippen LogP contribution >= 0.6 is 15.9 Å². The van der Waals surface area contributed by atoms with E-state index in [1.165, 1.54) is 6.07 Å². The number of imidazole rings is 1. The van der Waals surface area contributed by atoms with Crippen LogP contribution in [0.5, 0.6) is 5.75 Å². The third kappa shape index (κ3) is 4.03. The van der Waals surface area contributed by atoms with Gasteiger partial charge in [0, 0.05) is 28.8 Å². The summed E-state index contributed by atoms with van der Waals surface area (Å²) in [7, 11) is 1.56. The van der Waals surface area contributed by atoms with Gasteiger partial charge in [0.2, 0.25) is 5.95 Å². The molecule has 4 rings (SSSR count). The summed E-state index contributed by atoms with van der Waals surface area (Å²) in [6.45, 7) is -0.695. The lowest BCUT2D eigenvalue weighted by molar-refractivity contribution is -0.276. The number of hydrogen-bond acceptors (Lipinski definition) is 4. The third-order valence-electron chi connectivity index (χ3n) is 5.37. The quantitative estimate of drug-likeness (QED) is 0.360. The minimum Gasteiger partial charge on any atom is -0.497 e. The zero-order valence-corrected chi connectivity index (χ0v) is 18.7. The van der Waals surface area contributed by atoms with E-state index < -0.39 is 24.5 Å². The van der Waals surface area contributed by atoms with Crippen molar-refractivity contribution < 1.29 is 31.4 Å². The number of alkyl halides is 5. The Balaban J connectivity index is 1.91. The zero-order chi connectivity index (χ0) is 23.2. The van der Waals surface area contributed by atoms with E-state index in [1.54, 1.807) is 17.7 Å². The number of fused-ring (bicyclic) bond motifs is 3. The first-order valence-electron chi connectivity index (χ1n) is 9.73. The molecule has 1 atom stereocenters. The number of benzene rings is 2. The number of aryl methyl sites for hydroxylation is 2. The molecular formula is C21H19BrF5N3O2. The molecule has 11 heteroatoms. The number of ether oxygens (including phenoxy) is 2. The summed E-state index contributed by atoms with van der Waals surface area (Å²) < 4.78 is 78.1. The maximum absolute atomic E-state index is 13.7. The molecule has 0 bridgehead atoms. The van der Waals surface area contributed by atoms with Crippen LogP contribution in [0.2, 0.25) is 0 Å². The molecule has 2 aromatic carbocycles. The average Bonchev–Trinajstić information content (AvgIpc) is 3.13. The molecule has 0 saturated carbocycles. The van der Waals surface area contributed by atoms with Crippen molar-refractivity contribution in [2.75, 3.05) is 18.6 Å². The highest BCUT2D eigenvalue weighted by molar-refractivity contribution is 9.10. The Kier molecular flexibility index (Phi) is 6.06. The van der Waals surface area contributed by atoms with Crippen molar-refractivity contribution in [3.8, 4) is 5.75 Å². The fourth-order valence-corrected chi connectivity index (χ4v) is 4.46. The average molecular weight is 520 g/mol. The molecule has 172 valence electrons. The molecule has 2 heterocycles. The molecule has 1 aliphatic heterocycles. The minimum atomic E-state index is -5.02. The van der Waals surface area contributed by atoms with E-state index in [-0.39, 0.29) is 11.0 Å². The molecule has 1 unspecified atom stereocenters. The monoisotopic (exact) mass is 519 g/mol. The SMILES string of the molecule is COc1ccc(N2CCCn3c2nc2c(Br)ccc(C(OC(F)F)C(F)(F)F)c23)c(C)c1. The van der Waals surface area contributed by atoms with Crippen LogP contribution in [-0.2, 0) is 11.3 Å². The van der Waals surface area contributed by atoms with Crippen molar-refractivity contribution in [3.05, 3.63) is 45.9 Å². The van der Waals surface area contributed by atoms with Crippen LogP contribution in [0.25, 0.3) is 11.0 Å². The Morgan fingerprint density at radius 2 is 1.88 bits per heavy atom. The van der Waals surface area contributed by atoms with Crippen molar-refractivity contribution in [1.29, 1.82) is 0 Å². The Bertz CT molecular complexity index is 1150. The van der Waals surface area contributed by atoms with Crippen molar-refractivity contribution >= 4 is 38.6 Å². The molecule has 1 aromatic heterocycles. The van der Waals surface area contributed by atoms with Gasteiger partial charge in [-0.1, -0.05) is 6.07 Å². The number of hydrogen-bond donors (Lipinski definition) is 0. The maximum Gasteiger partial charge on any atom is 0.419 e. The fourth-order valence-electron chi connectivity index (χ4n) is 4.05. The van der Waals surface area contributed by atoms with Gasteiger partial charge in [-0.25, -0.2) is 4.98 Å². The molecule has 5 nitrogen and oxygen atoms in total. The summed E-state index contributed by atoms with van der Waals surface area (Å²) >= 11 is 3.34. The molecule has 0 amide bonds. The van der Waals surface area contributed by atoms with E-state index in [9.17, 15) is 22.0 Å². The molecule has 0 spiro atoms. The van der Waals surface area contributed by atoms with Gasteiger partial charge in [0.15, 0.2) is 6.10 Å². The van der Waals surface area contributed by atoms with E-state index >= 15 is 0 Å². The van der Waals surface area contributed by atoms with Crippen molar-refractivity contribution in [1.82, 2.24) is 9.55 Å². The minimum absolute atomic E-state index is 0.119. The highest BCUT2D eigenvalue weighted by Crippen LogP contribution is 2.44. The Morgan fingerprint density at radius 1 is 1.12 bits per heavy atom. The lowest BCUT2D eigenvalue weighted by atomic mass is 10.1. The zero-order valence-electron chi connectivity index (χ0n) is 17.1. The van der Waals surface area contributed by atoms with Crippen molar-refractivity contribution in [2.45, 2.75) is 38.8 Å². The maximum atomic E-state index is 13.7. The van der Waals surface area contributed by atoms with Gasteiger partial charge in [0.25, 0.3) is 0 Å². The van der Waals surface area contributed by atoms with Gasteiger partial charge in [-0.3, -0.25) is 0 Å². The topological polar surface area (TPSA) is 39.5 Å². The molecule has 0 N–H and O–H groups in total. The second-order valence-electron chi connectivity index (χ2n) is 7.37. The van der Waals surface area contributed by atoms with Gasteiger partial charge in [0.05, 0.1) is 12.6 Å². The smallest absolute Gasteiger partial charge is 0.419 e. The number of halogens is 6. The van der Waals surface area contributed by atoms with Crippen LogP contribution in [0.1, 0.15) is 23.7 Å². The second kappa shape index (κ2) is 8.51. The Labute approximate surface area is 188 Å². The summed E-state index contributed by atoms with van der Waals surface area (Å²) in [6, 6.07) is 8.03. The van der Waals surface area contributed by atoms with Crippen LogP contribution in [0.4, 0.5) is 33.6 Å². The molecule has 1 aliphatic rings. The highest BCUT2D eigenvalue weighted by atomic mass is 79.9.